The summed E-state index contributed by atoms with van der Waals surface area (Å²) in [6.45, 7) is 0. The summed E-state index contributed by atoms with van der Waals surface area (Å²) >= 11 is 1.34. The molecular formula is C9H12N2O3S. The molecule has 2 amide bonds. The van der Waals surface area contributed by atoms with E-state index in [4.69, 9.17) is 10.5 Å². The molecule has 15 heavy (non-hydrogen) atoms. The third-order valence-corrected chi connectivity index (χ3v) is 2.62. The van der Waals surface area contributed by atoms with E-state index in [2.05, 4.69) is 0 Å². The van der Waals surface area contributed by atoms with Crippen LogP contribution in [0.5, 0.6) is 0 Å². The Hall–Kier alpha value is -1.56. The first-order chi connectivity index (χ1) is 7.02. The van der Waals surface area contributed by atoms with Gasteiger partial charge < -0.3 is 15.4 Å². The van der Waals surface area contributed by atoms with Crippen LogP contribution in [-0.2, 0) is 9.53 Å². The van der Waals surface area contributed by atoms with E-state index in [1.807, 2.05) is 0 Å². The van der Waals surface area contributed by atoms with Crippen LogP contribution in [0.3, 0.4) is 0 Å². The van der Waals surface area contributed by atoms with Crippen molar-refractivity contribution in [2.75, 3.05) is 14.1 Å². The minimum absolute atomic E-state index is 0.309. The van der Waals surface area contributed by atoms with E-state index in [1.165, 1.54) is 16.2 Å². The average molecular weight is 228 g/mol. The standard InChI is InChI=1S/C9H12N2O3S/c1-11(2)8(12)7(14-9(10)13)6-4-3-5-15-6/h3-5,7H,1-2H3,(H2,10,13). The van der Waals surface area contributed by atoms with Crippen LogP contribution in [-0.4, -0.2) is 31.0 Å². The topological polar surface area (TPSA) is 72.6 Å². The molecule has 1 unspecified atom stereocenters. The monoisotopic (exact) mass is 228 g/mol. The second-order valence-corrected chi connectivity index (χ2v) is 4.04. The van der Waals surface area contributed by atoms with Gasteiger partial charge in [-0.1, -0.05) is 6.07 Å². The Morgan fingerprint density at radius 1 is 1.53 bits per heavy atom. The van der Waals surface area contributed by atoms with Gasteiger partial charge >= 0.3 is 6.09 Å². The van der Waals surface area contributed by atoms with Gasteiger partial charge in [0.15, 0.2) is 0 Å². The van der Waals surface area contributed by atoms with Crippen molar-refractivity contribution in [2.45, 2.75) is 6.10 Å². The predicted molar refractivity (Wildman–Crippen MR) is 56.4 cm³/mol. The van der Waals surface area contributed by atoms with Gasteiger partial charge in [-0.25, -0.2) is 4.79 Å². The lowest BCUT2D eigenvalue weighted by atomic mass is 10.2. The molecular weight excluding hydrogens is 216 g/mol. The fraction of sp³-hybridized carbons (Fsp3) is 0.333. The molecule has 6 heteroatoms. The third-order valence-electron chi connectivity index (χ3n) is 1.70. The van der Waals surface area contributed by atoms with E-state index < -0.39 is 12.2 Å². The van der Waals surface area contributed by atoms with Crippen molar-refractivity contribution < 1.29 is 14.3 Å². The lowest BCUT2D eigenvalue weighted by molar-refractivity contribution is -0.137. The highest BCUT2D eigenvalue weighted by Crippen LogP contribution is 2.23. The number of carbonyl (C=O) groups excluding carboxylic acids is 2. The number of carbonyl (C=O) groups is 2. The van der Waals surface area contributed by atoms with Crippen molar-refractivity contribution in [2.24, 2.45) is 5.73 Å². The van der Waals surface area contributed by atoms with Crippen molar-refractivity contribution in [1.29, 1.82) is 0 Å². The third kappa shape index (κ3) is 2.95. The van der Waals surface area contributed by atoms with Crippen LogP contribution in [0.1, 0.15) is 11.0 Å². The molecule has 2 N–H and O–H groups in total. The zero-order valence-corrected chi connectivity index (χ0v) is 9.28. The number of thiophene rings is 1. The van der Waals surface area contributed by atoms with E-state index in [-0.39, 0.29) is 5.91 Å². The zero-order valence-electron chi connectivity index (χ0n) is 8.47. The molecule has 82 valence electrons. The molecule has 0 saturated carbocycles. The van der Waals surface area contributed by atoms with Gasteiger partial charge in [-0.15, -0.1) is 11.3 Å². The number of nitrogens with zero attached hydrogens (tertiary/aromatic N) is 1. The summed E-state index contributed by atoms with van der Waals surface area (Å²) in [5.74, 6) is -0.309. The Kier molecular flexibility index (Phi) is 3.68. The second-order valence-electron chi connectivity index (χ2n) is 3.07. The SMILES string of the molecule is CN(C)C(=O)C(OC(N)=O)c1cccs1. The number of amides is 2. The fourth-order valence-corrected chi connectivity index (χ4v) is 1.77. The average Bonchev–Trinajstić information content (AvgIpc) is 2.65. The van der Waals surface area contributed by atoms with E-state index in [0.717, 1.165) is 0 Å². The summed E-state index contributed by atoms with van der Waals surface area (Å²) in [5.41, 5.74) is 4.91. The first kappa shape index (κ1) is 11.5. The molecule has 1 aromatic heterocycles. The summed E-state index contributed by atoms with van der Waals surface area (Å²) in [6, 6.07) is 3.50. The molecule has 5 nitrogen and oxygen atoms in total. The normalized spacial score (nSPS) is 11.9. The van der Waals surface area contributed by atoms with Crippen LogP contribution in [0.4, 0.5) is 4.79 Å². The highest BCUT2D eigenvalue weighted by molar-refractivity contribution is 7.10. The van der Waals surface area contributed by atoms with Crippen LogP contribution in [0.2, 0.25) is 0 Å². The number of nitrogens with two attached hydrogens (primary N) is 1. The first-order valence-electron chi connectivity index (χ1n) is 4.23. The highest BCUT2D eigenvalue weighted by atomic mass is 32.1. The highest BCUT2D eigenvalue weighted by Gasteiger charge is 2.26. The van der Waals surface area contributed by atoms with Gasteiger partial charge in [0.1, 0.15) is 0 Å². The van der Waals surface area contributed by atoms with Crippen molar-refractivity contribution in [3.8, 4) is 0 Å². The maximum atomic E-state index is 11.7. The molecule has 0 aliphatic rings. The van der Waals surface area contributed by atoms with Crippen LogP contribution in [0, 0.1) is 0 Å². The van der Waals surface area contributed by atoms with Crippen molar-refractivity contribution in [3.63, 3.8) is 0 Å². The molecule has 0 saturated heterocycles. The molecule has 0 aliphatic heterocycles. The summed E-state index contributed by atoms with van der Waals surface area (Å²) in [7, 11) is 3.18. The Morgan fingerprint density at radius 3 is 2.60 bits per heavy atom. The van der Waals surface area contributed by atoms with Gasteiger partial charge in [0.2, 0.25) is 6.10 Å². The maximum absolute atomic E-state index is 11.7. The number of rotatable bonds is 3. The van der Waals surface area contributed by atoms with Gasteiger partial charge in [0, 0.05) is 14.1 Å². The van der Waals surface area contributed by atoms with E-state index in [0.29, 0.717) is 4.88 Å². The van der Waals surface area contributed by atoms with Gasteiger partial charge in [0.05, 0.1) is 4.88 Å². The summed E-state index contributed by atoms with van der Waals surface area (Å²) < 4.78 is 4.78. The van der Waals surface area contributed by atoms with Crippen LogP contribution in [0.15, 0.2) is 17.5 Å². The molecule has 0 aliphatic carbocycles. The molecule has 0 radical (unpaired) electrons. The molecule has 0 bridgehead atoms. The molecule has 1 aromatic rings. The Bertz CT molecular complexity index is 348. The van der Waals surface area contributed by atoms with E-state index in [1.54, 1.807) is 31.6 Å². The first-order valence-corrected chi connectivity index (χ1v) is 5.11. The number of likely N-dealkylation sites (N-methyl/N-ethyl adjacent to an activating group) is 1. The van der Waals surface area contributed by atoms with Crippen LogP contribution >= 0.6 is 11.3 Å². The Morgan fingerprint density at radius 2 is 2.20 bits per heavy atom. The number of primary amides is 1. The summed E-state index contributed by atoms with van der Waals surface area (Å²) in [6.07, 6.45) is -1.89. The summed E-state index contributed by atoms with van der Waals surface area (Å²) in [5, 5.41) is 1.80. The van der Waals surface area contributed by atoms with Crippen molar-refractivity contribution in [3.05, 3.63) is 22.4 Å². The van der Waals surface area contributed by atoms with Crippen molar-refractivity contribution in [1.82, 2.24) is 4.90 Å². The smallest absolute Gasteiger partial charge is 0.405 e. The molecule has 0 spiro atoms. The van der Waals surface area contributed by atoms with Gasteiger partial charge in [-0.2, -0.15) is 0 Å². The maximum Gasteiger partial charge on any atom is 0.405 e. The van der Waals surface area contributed by atoms with Gasteiger partial charge in [0.25, 0.3) is 5.91 Å². The predicted octanol–water partition coefficient (Wildman–Crippen LogP) is 0.973. The quantitative estimate of drug-likeness (QED) is 0.837. The number of hydrogen-bond donors (Lipinski definition) is 1. The summed E-state index contributed by atoms with van der Waals surface area (Å²) in [4.78, 5) is 24.4. The van der Waals surface area contributed by atoms with Crippen LogP contribution in [0.25, 0.3) is 0 Å². The van der Waals surface area contributed by atoms with E-state index >= 15 is 0 Å². The van der Waals surface area contributed by atoms with Gasteiger partial charge in [-0.3, -0.25) is 4.79 Å². The second kappa shape index (κ2) is 4.79. The minimum Gasteiger partial charge on any atom is -0.430 e. The van der Waals surface area contributed by atoms with Gasteiger partial charge in [-0.05, 0) is 11.4 Å². The lowest BCUT2D eigenvalue weighted by Crippen LogP contribution is -2.32. The zero-order chi connectivity index (χ0) is 11.4. The Balaban J connectivity index is 2.88. The van der Waals surface area contributed by atoms with E-state index in [9.17, 15) is 9.59 Å². The molecule has 1 rings (SSSR count). The molecule has 1 heterocycles. The van der Waals surface area contributed by atoms with Crippen LogP contribution < -0.4 is 5.73 Å². The fourth-order valence-electron chi connectivity index (χ4n) is 1.02. The molecule has 1 atom stereocenters. The molecule has 0 aromatic carbocycles. The molecule has 0 fully saturated rings. The number of ether oxygens (including phenoxy) is 1. The Labute approximate surface area is 91.4 Å². The lowest BCUT2D eigenvalue weighted by Gasteiger charge is -2.18. The van der Waals surface area contributed by atoms with Crippen molar-refractivity contribution >= 4 is 23.3 Å². The number of hydrogen-bond acceptors (Lipinski definition) is 4. The largest absolute Gasteiger partial charge is 0.430 e. The minimum atomic E-state index is -0.955.